The van der Waals surface area contributed by atoms with Crippen LogP contribution in [0.3, 0.4) is 0 Å². The number of nitrogens with zero attached hydrogens (tertiary/aromatic N) is 1. The summed E-state index contributed by atoms with van der Waals surface area (Å²) in [5, 5.41) is 0. The van der Waals surface area contributed by atoms with Crippen LogP contribution in [0.25, 0.3) is 0 Å². The Hall–Kier alpha value is -0.940. The Morgan fingerprint density at radius 2 is 2.12 bits per heavy atom. The van der Waals surface area contributed by atoms with E-state index in [9.17, 15) is 8.42 Å². The third-order valence-electron chi connectivity index (χ3n) is 1.91. The molecule has 0 radical (unpaired) electrons. The fourth-order valence-corrected chi connectivity index (χ4v) is 1.62. The Morgan fingerprint density at radius 1 is 1.44 bits per heavy atom. The second-order valence-electron chi connectivity index (χ2n) is 3.44. The topological polar surface area (TPSA) is 58.5 Å². The highest BCUT2D eigenvalue weighted by Crippen LogP contribution is 2.08. The molecule has 0 aliphatic heterocycles. The molecule has 0 aliphatic rings. The van der Waals surface area contributed by atoms with E-state index in [2.05, 4.69) is 16.3 Å². The van der Waals surface area contributed by atoms with Crippen molar-refractivity contribution in [2.45, 2.75) is 26.2 Å². The van der Waals surface area contributed by atoms with Gasteiger partial charge in [0.1, 0.15) is 0 Å². The molecule has 0 amide bonds. The average molecular weight is 244 g/mol. The first kappa shape index (κ1) is 15.1. The molecular weight excluding hydrogens is 224 g/mol. The van der Waals surface area contributed by atoms with Gasteiger partial charge in [0.25, 0.3) is 0 Å². The van der Waals surface area contributed by atoms with Crippen LogP contribution in [0.15, 0.2) is 29.4 Å². The predicted molar refractivity (Wildman–Crippen MR) is 69.1 cm³/mol. The van der Waals surface area contributed by atoms with Crippen LogP contribution in [0, 0.1) is 0 Å². The van der Waals surface area contributed by atoms with E-state index in [1.54, 1.807) is 18.5 Å². The van der Waals surface area contributed by atoms with Crippen LogP contribution in [0.2, 0.25) is 0 Å². The number of hydrogen-bond acceptors (Lipinski definition) is 3. The molecule has 1 N–H and O–H groups in total. The van der Waals surface area contributed by atoms with E-state index < -0.39 is 10.0 Å². The van der Waals surface area contributed by atoms with Gasteiger partial charge < -0.3 is 0 Å². The maximum atomic E-state index is 10.8. The molecule has 0 saturated heterocycles. The number of rotatable bonds is 8. The zero-order chi connectivity index (χ0) is 12.4. The molecule has 0 spiro atoms. The molecule has 16 heavy (non-hydrogen) atoms. The van der Waals surface area contributed by atoms with Gasteiger partial charge in [0.2, 0.25) is 10.0 Å². The SMILES string of the molecule is C=C/C(=C\N=CC)CCCCNS(C)(=O)=O. The van der Waals surface area contributed by atoms with Gasteiger partial charge >= 0.3 is 0 Å². The molecule has 0 bridgehead atoms. The standard InChI is InChI=1S/C11H20N2O2S/c1-4-11(10-12-5-2)8-6-7-9-13-16(3,14)15/h4-5,10,13H,1,6-9H2,2-3H3/b11-10+,12-5?. The van der Waals surface area contributed by atoms with Crippen LogP contribution < -0.4 is 4.72 Å². The van der Waals surface area contributed by atoms with E-state index in [1.165, 1.54) is 0 Å². The summed E-state index contributed by atoms with van der Waals surface area (Å²) >= 11 is 0. The Morgan fingerprint density at radius 3 is 2.62 bits per heavy atom. The summed E-state index contributed by atoms with van der Waals surface area (Å²) < 4.78 is 24.0. The van der Waals surface area contributed by atoms with Crippen molar-refractivity contribution < 1.29 is 8.42 Å². The van der Waals surface area contributed by atoms with Gasteiger partial charge in [-0.2, -0.15) is 0 Å². The molecule has 0 unspecified atom stereocenters. The third kappa shape index (κ3) is 9.61. The number of sulfonamides is 1. The minimum atomic E-state index is -3.05. The van der Waals surface area contributed by atoms with Crippen molar-refractivity contribution in [2.24, 2.45) is 4.99 Å². The fourth-order valence-electron chi connectivity index (χ4n) is 1.10. The summed E-state index contributed by atoms with van der Waals surface area (Å²) in [4.78, 5) is 4.01. The average Bonchev–Trinajstić information content (AvgIpc) is 2.20. The minimum Gasteiger partial charge on any atom is -0.269 e. The highest BCUT2D eigenvalue weighted by atomic mass is 32.2. The quantitative estimate of drug-likeness (QED) is 0.402. The van der Waals surface area contributed by atoms with Gasteiger partial charge in [0.05, 0.1) is 6.26 Å². The van der Waals surface area contributed by atoms with Crippen LogP contribution >= 0.6 is 0 Å². The van der Waals surface area contributed by atoms with Gasteiger partial charge in [-0.05, 0) is 31.8 Å². The summed E-state index contributed by atoms with van der Waals surface area (Å²) in [7, 11) is -3.05. The zero-order valence-electron chi connectivity index (χ0n) is 9.94. The van der Waals surface area contributed by atoms with Gasteiger partial charge in [-0.25, -0.2) is 13.1 Å². The molecule has 0 fully saturated rings. The van der Waals surface area contributed by atoms with Gasteiger partial charge in [-0.1, -0.05) is 12.7 Å². The Kier molecular flexibility index (Phi) is 7.76. The van der Waals surface area contributed by atoms with E-state index in [1.807, 2.05) is 6.92 Å². The molecule has 0 rings (SSSR count). The lowest BCUT2D eigenvalue weighted by atomic mass is 10.1. The molecular formula is C11H20N2O2S. The summed E-state index contributed by atoms with van der Waals surface area (Å²) in [5.74, 6) is 0. The number of unbranched alkanes of at least 4 members (excludes halogenated alkanes) is 1. The first-order valence-corrected chi connectivity index (χ1v) is 7.12. The van der Waals surface area contributed by atoms with Crippen molar-refractivity contribution in [1.82, 2.24) is 4.72 Å². The number of nitrogens with one attached hydrogen (secondary N) is 1. The Balaban J connectivity index is 3.76. The number of aliphatic imine (C=N–C) groups is 1. The molecule has 0 saturated carbocycles. The maximum Gasteiger partial charge on any atom is 0.208 e. The van der Waals surface area contributed by atoms with Crippen molar-refractivity contribution in [1.29, 1.82) is 0 Å². The van der Waals surface area contributed by atoms with Crippen molar-refractivity contribution in [3.05, 3.63) is 24.4 Å². The van der Waals surface area contributed by atoms with E-state index >= 15 is 0 Å². The molecule has 0 aromatic heterocycles. The fraction of sp³-hybridized carbons (Fsp3) is 0.545. The van der Waals surface area contributed by atoms with Gasteiger partial charge in [0, 0.05) is 19.0 Å². The van der Waals surface area contributed by atoms with Crippen LogP contribution in [0.1, 0.15) is 26.2 Å². The van der Waals surface area contributed by atoms with Gasteiger partial charge in [-0.3, -0.25) is 4.99 Å². The van der Waals surface area contributed by atoms with Crippen LogP contribution in [-0.2, 0) is 10.0 Å². The second-order valence-corrected chi connectivity index (χ2v) is 5.27. The smallest absolute Gasteiger partial charge is 0.208 e. The van der Waals surface area contributed by atoms with E-state index in [-0.39, 0.29) is 0 Å². The Labute approximate surface area is 98.2 Å². The largest absolute Gasteiger partial charge is 0.269 e. The van der Waals surface area contributed by atoms with Crippen LogP contribution in [0.4, 0.5) is 0 Å². The number of hydrogen-bond donors (Lipinski definition) is 1. The minimum absolute atomic E-state index is 0.486. The summed E-state index contributed by atoms with van der Waals surface area (Å²) in [6.45, 7) is 6.04. The van der Waals surface area contributed by atoms with Gasteiger partial charge in [0.15, 0.2) is 0 Å². The van der Waals surface area contributed by atoms with E-state index in [0.717, 1.165) is 31.1 Å². The lowest BCUT2D eigenvalue weighted by Gasteiger charge is -2.02. The molecule has 0 atom stereocenters. The van der Waals surface area contributed by atoms with Crippen molar-refractivity contribution in [2.75, 3.05) is 12.8 Å². The molecule has 92 valence electrons. The highest BCUT2D eigenvalue weighted by Gasteiger charge is 1.99. The number of allylic oxidation sites excluding steroid dienone is 2. The normalized spacial score (nSPS) is 13.2. The lowest BCUT2D eigenvalue weighted by molar-refractivity contribution is 0.583. The monoisotopic (exact) mass is 244 g/mol. The van der Waals surface area contributed by atoms with Gasteiger partial charge in [-0.15, -0.1) is 0 Å². The van der Waals surface area contributed by atoms with Crippen LogP contribution in [-0.4, -0.2) is 27.4 Å². The zero-order valence-corrected chi connectivity index (χ0v) is 10.8. The molecule has 0 heterocycles. The Bertz CT molecular complexity index is 356. The second kappa shape index (κ2) is 8.24. The molecule has 0 aromatic carbocycles. The third-order valence-corrected chi connectivity index (χ3v) is 2.64. The predicted octanol–water partition coefficient (Wildman–Crippen LogP) is 1.87. The highest BCUT2D eigenvalue weighted by molar-refractivity contribution is 7.88. The van der Waals surface area contributed by atoms with E-state index in [0.29, 0.717) is 6.54 Å². The van der Waals surface area contributed by atoms with Crippen LogP contribution in [0.5, 0.6) is 0 Å². The summed E-state index contributed by atoms with van der Waals surface area (Å²) in [6.07, 6.45) is 9.03. The first-order valence-electron chi connectivity index (χ1n) is 5.23. The maximum absolute atomic E-state index is 10.8. The van der Waals surface area contributed by atoms with Crippen molar-refractivity contribution in [3.63, 3.8) is 0 Å². The van der Waals surface area contributed by atoms with Crippen molar-refractivity contribution >= 4 is 16.2 Å². The van der Waals surface area contributed by atoms with Crippen molar-refractivity contribution in [3.8, 4) is 0 Å². The van der Waals surface area contributed by atoms with E-state index in [4.69, 9.17) is 0 Å². The molecule has 0 aromatic rings. The first-order chi connectivity index (χ1) is 7.49. The summed E-state index contributed by atoms with van der Waals surface area (Å²) in [6, 6.07) is 0. The molecule has 5 heteroatoms. The lowest BCUT2D eigenvalue weighted by Crippen LogP contribution is -2.22. The molecule has 0 aliphatic carbocycles. The summed E-state index contributed by atoms with van der Waals surface area (Å²) in [5.41, 5.74) is 1.07. The molecule has 4 nitrogen and oxygen atoms in total.